The van der Waals surface area contributed by atoms with Gasteiger partial charge in [0, 0.05) is 57.9 Å². The van der Waals surface area contributed by atoms with E-state index in [1.54, 1.807) is 0 Å². The zero-order chi connectivity index (χ0) is 18.8. The minimum Gasteiger partial charge on any atom is -0.356 e. The molecular weight excluding hydrogens is 346 g/mol. The number of benzene rings is 1. The number of likely N-dealkylation sites (N-methyl/N-ethyl adjacent to an activating group) is 1. The lowest BCUT2D eigenvalue weighted by atomic mass is 10.1. The van der Waals surface area contributed by atoms with Gasteiger partial charge in [-0.15, -0.1) is 0 Å². The fourth-order valence-electron chi connectivity index (χ4n) is 3.30. The van der Waals surface area contributed by atoms with Gasteiger partial charge in [0.2, 0.25) is 0 Å². The molecule has 6 heteroatoms. The van der Waals surface area contributed by atoms with E-state index in [0.29, 0.717) is 5.92 Å². The number of hydrogen-bond donors (Lipinski definition) is 2. The summed E-state index contributed by atoms with van der Waals surface area (Å²) in [6, 6.07) is 7.99. The first-order valence-corrected chi connectivity index (χ1v) is 10.1. The summed E-state index contributed by atoms with van der Waals surface area (Å²) in [5, 5.41) is 7.65. The first kappa shape index (κ1) is 21.0. The molecule has 2 N–H and O–H groups in total. The lowest BCUT2D eigenvalue weighted by Gasteiger charge is -2.35. The maximum atomic E-state index is 6.21. The molecule has 1 aliphatic heterocycles. The molecule has 0 aromatic heterocycles. The topological polar surface area (TPSA) is 42.9 Å². The number of piperazine rings is 1. The Morgan fingerprint density at radius 1 is 1.15 bits per heavy atom. The summed E-state index contributed by atoms with van der Waals surface area (Å²) in [6.45, 7) is 13.4. The van der Waals surface area contributed by atoms with E-state index in [1.807, 2.05) is 25.2 Å². The second-order valence-electron chi connectivity index (χ2n) is 7.06. The Balaban J connectivity index is 1.64. The van der Waals surface area contributed by atoms with Crippen molar-refractivity contribution in [2.45, 2.75) is 20.3 Å². The van der Waals surface area contributed by atoms with Crippen LogP contribution < -0.4 is 10.6 Å². The van der Waals surface area contributed by atoms with Gasteiger partial charge >= 0.3 is 0 Å². The molecule has 26 heavy (non-hydrogen) atoms. The van der Waals surface area contributed by atoms with E-state index in [-0.39, 0.29) is 0 Å². The molecule has 0 spiro atoms. The number of guanidine groups is 1. The normalized spacial score (nSPS) is 17.9. The average molecular weight is 380 g/mol. The van der Waals surface area contributed by atoms with Crippen LogP contribution in [0.25, 0.3) is 0 Å². The largest absolute Gasteiger partial charge is 0.356 e. The van der Waals surface area contributed by atoms with Crippen molar-refractivity contribution < 1.29 is 0 Å². The van der Waals surface area contributed by atoms with Crippen molar-refractivity contribution in [1.29, 1.82) is 0 Å². The standard InChI is InChI=1S/C20H34ClN5/c1-4-25-11-13-26(14-12-25)16-17(2)15-24-20(22-3)23-10-9-18-7-5-6-8-19(18)21/h5-8,17H,4,9-16H2,1-3H3,(H2,22,23,24). The van der Waals surface area contributed by atoms with Crippen LogP contribution in [0, 0.1) is 5.92 Å². The first-order valence-electron chi connectivity index (χ1n) is 9.75. The van der Waals surface area contributed by atoms with Crippen molar-refractivity contribution >= 4 is 17.6 Å². The van der Waals surface area contributed by atoms with Gasteiger partial charge in [-0.3, -0.25) is 4.99 Å². The molecular formula is C20H34ClN5. The van der Waals surface area contributed by atoms with Gasteiger partial charge in [-0.1, -0.05) is 43.6 Å². The highest BCUT2D eigenvalue weighted by Crippen LogP contribution is 2.14. The van der Waals surface area contributed by atoms with Crippen LogP contribution in [-0.2, 0) is 6.42 Å². The Hall–Kier alpha value is -1.30. The number of hydrogen-bond acceptors (Lipinski definition) is 3. The Kier molecular flexibility index (Phi) is 9.23. The third-order valence-corrected chi connectivity index (χ3v) is 5.34. The van der Waals surface area contributed by atoms with Crippen LogP contribution in [0.3, 0.4) is 0 Å². The van der Waals surface area contributed by atoms with E-state index in [0.717, 1.165) is 42.6 Å². The predicted molar refractivity (Wildman–Crippen MR) is 112 cm³/mol. The highest BCUT2D eigenvalue weighted by Gasteiger charge is 2.17. The molecule has 1 saturated heterocycles. The first-order chi connectivity index (χ1) is 12.6. The van der Waals surface area contributed by atoms with E-state index >= 15 is 0 Å². The summed E-state index contributed by atoms with van der Waals surface area (Å²) in [5.74, 6) is 1.45. The van der Waals surface area contributed by atoms with Crippen molar-refractivity contribution in [3.8, 4) is 0 Å². The minimum absolute atomic E-state index is 0.588. The van der Waals surface area contributed by atoms with Gasteiger partial charge < -0.3 is 20.4 Å². The molecule has 0 saturated carbocycles. The summed E-state index contributed by atoms with van der Waals surface area (Å²) in [7, 11) is 1.82. The maximum absolute atomic E-state index is 6.21. The van der Waals surface area contributed by atoms with Crippen molar-refractivity contribution in [1.82, 2.24) is 20.4 Å². The molecule has 0 bridgehead atoms. The molecule has 0 radical (unpaired) electrons. The quantitative estimate of drug-likeness (QED) is 0.537. The fraction of sp³-hybridized carbons (Fsp3) is 0.650. The van der Waals surface area contributed by atoms with Crippen LogP contribution in [0.4, 0.5) is 0 Å². The molecule has 1 aliphatic rings. The molecule has 1 aromatic carbocycles. The number of aliphatic imine (C=N–C) groups is 1. The number of nitrogens with zero attached hydrogens (tertiary/aromatic N) is 3. The number of nitrogens with one attached hydrogen (secondary N) is 2. The van der Waals surface area contributed by atoms with Crippen LogP contribution in [-0.4, -0.2) is 75.2 Å². The van der Waals surface area contributed by atoms with Crippen LogP contribution in [0.1, 0.15) is 19.4 Å². The summed E-state index contributed by atoms with van der Waals surface area (Å²) < 4.78 is 0. The van der Waals surface area contributed by atoms with Crippen LogP contribution in [0.2, 0.25) is 5.02 Å². The summed E-state index contributed by atoms with van der Waals surface area (Å²) in [5.41, 5.74) is 1.16. The second-order valence-corrected chi connectivity index (χ2v) is 7.47. The second kappa shape index (κ2) is 11.4. The zero-order valence-electron chi connectivity index (χ0n) is 16.5. The molecule has 0 aliphatic carbocycles. The molecule has 2 rings (SSSR count). The molecule has 0 amide bonds. The molecule has 1 atom stereocenters. The van der Waals surface area contributed by atoms with E-state index in [2.05, 4.69) is 45.3 Å². The molecule has 1 unspecified atom stereocenters. The molecule has 5 nitrogen and oxygen atoms in total. The molecule has 146 valence electrons. The minimum atomic E-state index is 0.588. The maximum Gasteiger partial charge on any atom is 0.190 e. The van der Waals surface area contributed by atoms with Crippen LogP contribution >= 0.6 is 11.6 Å². The van der Waals surface area contributed by atoms with Gasteiger partial charge in [0.25, 0.3) is 0 Å². The Labute approximate surface area is 163 Å². The highest BCUT2D eigenvalue weighted by molar-refractivity contribution is 6.31. The summed E-state index contributed by atoms with van der Waals surface area (Å²) in [4.78, 5) is 9.42. The monoisotopic (exact) mass is 379 g/mol. The predicted octanol–water partition coefficient (Wildman–Crippen LogP) is 2.32. The van der Waals surface area contributed by atoms with Gasteiger partial charge in [0.15, 0.2) is 5.96 Å². The van der Waals surface area contributed by atoms with E-state index in [4.69, 9.17) is 11.6 Å². The molecule has 1 aromatic rings. The lowest BCUT2D eigenvalue weighted by Crippen LogP contribution is -2.48. The van der Waals surface area contributed by atoms with E-state index in [1.165, 1.54) is 32.7 Å². The van der Waals surface area contributed by atoms with Crippen molar-refractivity contribution in [3.63, 3.8) is 0 Å². The van der Waals surface area contributed by atoms with Gasteiger partial charge in [0.05, 0.1) is 0 Å². The third-order valence-electron chi connectivity index (χ3n) is 4.97. The van der Waals surface area contributed by atoms with Crippen molar-refractivity contribution in [3.05, 3.63) is 34.9 Å². The van der Waals surface area contributed by atoms with Gasteiger partial charge in [-0.05, 0) is 30.5 Å². The fourth-order valence-corrected chi connectivity index (χ4v) is 3.53. The third kappa shape index (κ3) is 7.14. The molecule has 1 heterocycles. The van der Waals surface area contributed by atoms with Crippen molar-refractivity contribution in [2.75, 3.05) is 59.4 Å². The Morgan fingerprint density at radius 2 is 1.85 bits per heavy atom. The summed E-state index contributed by atoms with van der Waals surface area (Å²) >= 11 is 6.21. The van der Waals surface area contributed by atoms with E-state index in [9.17, 15) is 0 Å². The lowest BCUT2D eigenvalue weighted by molar-refractivity contribution is 0.124. The average Bonchev–Trinajstić information content (AvgIpc) is 2.66. The van der Waals surface area contributed by atoms with Gasteiger partial charge in [0.1, 0.15) is 0 Å². The van der Waals surface area contributed by atoms with E-state index < -0.39 is 0 Å². The zero-order valence-corrected chi connectivity index (χ0v) is 17.2. The number of halogens is 1. The van der Waals surface area contributed by atoms with Gasteiger partial charge in [-0.2, -0.15) is 0 Å². The smallest absolute Gasteiger partial charge is 0.190 e. The van der Waals surface area contributed by atoms with Gasteiger partial charge in [-0.25, -0.2) is 0 Å². The van der Waals surface area contributed by atoms with Crippen molar-refractivity contribution in [2.24, 2.45) is 10.9 Å². The summed E-state index contributed by atoms with van der Waals surface area (Å²) in [6.07, 6.45) is 0.887. The SMILES string of the molecule is CCN1CCN(CC(C)CNC(=NC)NCCc2ccccc2Cl)CC1. The number of rotatable bonds is 8. The Bertz CT molecular complexity index is 555. The highest BCUT2D eigenvalue weighted by atomic mass is 35.5. The molecule has 1 fully saturated rings. The Morgan fingerprint density at radius 3 is 2.50 bits per heavy atom. The van der Waals surface area contributed by atoms with Crippen LogP contribution in [0.15, 0.2) is 29.3 Å². The van der Waals surface area contributed by atoms with Crippen LogP contribution in [0.5, 0.6) is 0 Å².